The van der Waals surface area contributed by atoms with Gasteiger partial charge < -0.3 is 10.2 Å². The van der Waals surface area contributed by atoms with Crippen LogP contribution >= 0.6 is 35.0 Å². The third kappa shape index (κ3) is 7.66. The lowest BCUT2D eigenvalue weighted by Gasteiger charge is -2.30. The molecule has 0 radical (unpaired) electrons. The van der Waals surface area contributed by atoms with Crippen LogP contribution in [0, 0.1) is 13.8 Å². The van der Waals surface area contributed by atoms with E-state index in [4.69, 9.17) is 23.2 Å². The summed E-state index contributed by atoms with van der Waals surface area (Å²) >= 11 is 13.8. The molecular weight excluding hydrogens is 475 g/mol. The Balaban J connectivity index is 1.69. The predicted molar refractivity (Wildman–Crippen MR) is 139 cm³/mol. The molecule has 4 nitrogen and oxygen atoms in total. The largest absolute Gasteiger partial charge is 0.352 e. The summed E-state index contributed by atoms with van der Waals surface area (Å²) in [5, 5.41) is 4.03. The number of nitrogens with zero attached hydrogens (tertiary/aromatic N) is 1. The summed E-state index contributed by atoms with van der Waals surface area (Å²) in [5.74, 6) is 0.881. The number of aryl methyl sites for hydroxylation is 2. The molecule has 1 fully saturated rings. The summed E-state index contributed by atoms with van der Waals surface area (Å²) in [5.41, 5.74) is 4.48. The maximum atomic E-state index is 13.3. The van der Waals surface area contributed by atoms with E-state index in [1.807, 2.05) is 6.07 Å². The minimum absolute atomic E-state index is 0.0653. The zero-order chi connectivity index (χ0) is 24.0. The van der Waals surface area contributed by atoms with Gasteiger partial charge in [0.05, 0.1) is 15.8 Å². The Hall–Kier alpha value is -1.69. The van der Waals surface area contributed by atoms with Gasteiger partial charge in [-0.05, 0) is 56.9 Å². The average Bonchev–Trinajstić information content (AvgIpc) is 3.26. The van der Waals surface area contributed by atoms with Gasteiger partial charge in [0.1, 0.15) is 6.04 Å². The number of thioether (sulfide) groups is 1. The van der Waals surface area contributed by atoms with Gasteiger partial charge in [-0.1, -0.05) is 71.4 Å². The topological polar surface area (TPSA) is 49.4 Å². The molecule has 178 valence electrons. The maximum Gasteiger partial charge on any atom is 0.242 e. The van der Waals surface area contributed by atoms with E-state index >= 15 is 0 Å². The molecule has 1 atom stereocenters. The first-order valence-electron chi connectivity index (χ1n) is 11.4. The van der Waals surface area contributed by atoms with Gasteiger partial charge in [0.2, 0.25) is 11.8 Å². The van der Waals surface area contributed by atoms with Crippen LogP contribution in [0.4, 0.5) is 0 Å². The molecule has 1 N–H and O–H groups in total. The van der Waals surface area contributed by atoms with Gasteiger partial charge in [-0.15, -0.1) is 11.8 Å². The van der Waals surface area contributed by atoms with Crippen LogP contribution in [0.3, 0.4) is 0 Å². The van der Waals surface area contributed by atoms with E-state index in [-0.39, 0.29) is 17.9 Å². The van der Waals surface area contributed by atoms with Crippen molar-refractivity contribution in [1.29, 1.82) is 0 Å². The van der Waals surface area contributed by atoms with Crippen molar-refractivity contribution in [3.05, 3.63) is 68.7 Å². The molecule has 1 saturated carbocycles. The van der Waals surface area contributed by atoms with Crippen LogP contribution in [-0.2, 0) is 21.9 Å². The molecule has 33 heavy (non-hydrogen) atoms. The van der Waals surface area contributed by atoms with Crippen LogP contribution in [-0.4, -0.2) is 34.6 Å². The molecule has 2 aromatic carbocycles. The van der Waals surface area contributed by atoms with Crippen molar-refractivity contribution in [2.75, 3.05) is 5.75 Å². The second kappa shape index (κ2) is 12.1. The van der Waals surface area contributed by atoms with Crippen molar-refractivity contribution in [3.8, 4) is 0 Å². The monoisotopic (exact) mass is 506 g/mol. The van der Waals surface area contributed by atoms with Crippen molar-refractivity contribution in [3.63, 3.8) is 0 Å². The van der Waals surface area contributed by atoms with Gasteiger partial charge in [0.15, 0.2) is 0 Å². The quantitative estimate of drug-likeness (QED) is 0.432. The standard InChI is InChI=1S/C26H32Cl2N2O2S/c1-17-10-18(2)12-21(11-17)15-33-16-25(31)30(14-20-8-9-23(27)24(28)13-20)19(3)26(32)29-22-6-4-5-7-22/h8-13,19,22H,4-7,14-16H2,1-3H3,(H,29,32)/t19-/m0/s1. The van der Waals surface area contributed by atoms with Crippen LogP contribution in [0.5, 0.6) is 0 Å². The maximum absolute atomic E-state index is 13.3. The Morgan fingerprint density at radius 2 is 1.70 bits per heavy atom. The number of nitrogens with one attached hydrogen (secondary N) is 1. The number of hydrogen-bond donors (Lipinski definition) is 1. The Morgan fingerprint density at radius 1 is 1.03 bits per heavy atom. The molecule has 7 heteroatoms. The summed E-state index contributed by atoms with van der Waals surface area (Å²) in [6.45, 7) is 6.26. The van der Waals surface area contributed by atoms with Crippen LogP contribution in [0.2, 0.25) is 10.0 Å². The molecule has 2 amide bonds. The second-order valence-electron chi connectivity index (χ2n) is 8.92. The third-order valence-corrected chi connectivity index (χ3v) is 7.71. The highest BCUT2D eigenvalue weighted by molar-refractivity contribution is 7.99. The van der Waals surface area contributed by atoms with E-state index in [1.54, 1.807) is 35.7 Å². The van der Waals surface area contributed by atoms with E-state index in [0.717, 1.165) is 37.0 Å². The average molecular weight is 508 g/mol. The zero-order valence-corrected chi connectivity index (χ0v) is 21.8. The van der Waals surface area contributed by atoms with Crippen LogP contribution in [0.15, 0.2) is 36.4 Å². The van der Waals surface area contributed by atoms with Gasteiger partial charge in [-0.25, -0.2) is 0 Å². The highest BCUT2D eigenvalue weighted by atomic mass is 35.5. The number of halogens is 2. The molecule has 1 aliphatic rings. The number of benzene rings is 2. The van der Waals surface area contributed by atoms with Gasteiger partial charge >= 0.3 is 0 Å². The van der Waals surface area contributed by atoms with Crippen LogP contribution < -0.4 is 5.32 Å². The summed E-state index contributed by atoms with van der Waals surface area (Å²) in [6, 6.07) is 11.4. The van der Waals surface area contributed by atoms with E-state index in [0.29, 0.717) is 22.3 Å². The second-order valence-corrected chi connectivity index (χ2v) is 10.7. The Kier molecular flexibility index (Phi) is 9.54. The van der Waals surface area contributed by atoms with Crippen molar-refractivity contribution < 1.29 is 9.59 Å². The molecule has 0 heterocycles. The van der Waals surface area contributed by atoms with Gasteiger partial charge in [-0.2, -0.15) is 0 Å². The normalized spacial score (nSPS) is 14.8. The van der Waals surface area contributed by atoms with Crippen molar-refractivity contribution in [2.24, 2.45) is 0 Å². The molecule has 0 aliphatic heterocycles. The Labute approximate surface area is 211 Å². The van der Waals surface area contributed by atoms with Crippen molar-refractivity contribution in [1.82, 2.24) is 10.2 Å². The van der Waals surface area contributed by atoms with Crippen molar-refractivity contribution >= 4 is 46.8 Å². The van der Waals surface area contributed by atoms with Gasteiger partial charge in [0, 0.05) is 18.3 Å². The fourth-order valence-corrected chi connectivity index (χ4v) is 5.47. The summed E-state index contributed by atoms with van der Waals surface area (Å²) in [6.07, 6.45) is 4.29. The molecule has 0 bridgehead atoms. The number of amides is 2. The molecule has 0 aromatic heterocycles. The summed E-state index contributed by atoms with van der Waals surface area (Å²) in [4.78, 5) is 27.9. The predicted octanol–water partition coefficient (Wildman–Crippen LogP) is 6.32. The zero-order valence-electron chi connectivity index (χ0n) is 19.5. The minimum Gasteiger partial charge on any atom is -0.352 e. The number of carbonyl (C=O) groups excluding carboxylic acids is 2. The van der Waals surface area contributed by atoms with E-state index in [9.17, 15) is 9.59 Å². The number of carbonyl (C=O) groups is 2. The highest BCUT2D eigenvalue weighted by Gasteiger charge is 2.28. The first-order valence-corrected chi connectivity index (χ1v) is 13.3. The SMILES string of the molecule is Cc1cc(C)cc(CSCC(=O)N(Cc2ccc(Cl)c(Cl)c2)[C@@H](C)C(=O)NC2CCCC2)c1. The molecule has 0 spiro atoms. The Morgan fingerprint density at radius 3 is 2.33 bits per heavy atom. The van der Waals surface area contributed by atoms with E-state index in [1.165, 1.54) is 16.7 Å². The molecule has 1 aliphatic carbocycles. The van der Waals surface area contributed by atoms with Crippen LogP contribution in [0.1, 0.15) is 54.9 Å². The third-order valence-electron chi connectivity index (χ3n) is 5.98. The molecular formula is C26H32Cl2N2O2S. The number of rotatable bonds is 9. The van der Waals surface area contributed by atoms with E-state index < -0.39 is 6.04 Å². The lowest BCUT2D eigenvalue weighted by molar-refractivity contribution is -0.138. The smallest absolute Gasteiger partial charge is 0.242 e. The first-order chi connectivity index (χ1) is 15.7. The molecule has 0 saturated heterocycles. The fraction of sp³-hybridized carbons (Fsp3) is 0.462. The lowest BCUT2D eigenvalue weighted by atomic mass is 10.1. The van der Waals surface area contributed by atoms with Crippen molar-refractivity contribution in [2.45, 2.75) is 70.8 Å². The number of hydrogen-bond acceptors (Lipinski definition) is 3. The molecule has 2 aromatic rings. The molecule has 0 unspecified atom stereocenters. The van der Waals surface area contributed by atoms with E-state index in [2.05, 4.69) is 37.4 Å². The summed E-state index contributed by atoms with van der Waals surface area (Å²) in [7, 11) is 0. The highest BCUT2D eigenvalue weighted by Crippen LogP contribution is 2.25. The lowest BCUT2D eigenvalue weighted by Crippen LogP contribution is -2.50. The van der Waals surface area contributed by atoms with Crippen LogP contribution in [0.25, 0.3) is 0 Å². The Bertz CT molecular complexity index is 972. The molecule has 3 rings (SSSR count). The van der Waals surface area contributed by atoms with Gasteiger partial charge in [-0.3, -0.25) is 9.59 Å². The first kappa shape index (κ1) is 25.9. The summed E-state index contributed by atoms with van der Waals surface area (Å²) < 4.78 is 0. The minimum atomic E-state index is -0.575. The fourth-order valence-electron chi connectivity index (χ4n) is 4.30. The van der Waals surface area contributed by atoms with Gasteiger partial charge in [0.25, 0.3) is 0 Å².